The van der Waals surface area contributed by atoms with E-state index in [9.17, 15) is 14.4 Å². The second-order valence-electron chi connectivity index (χ2n) is 10.3. The van der Waals surface area contributed by atoms with Crippen LogP contribution in [0.15, 0.2) is 0 Å². The molecule has 0 aromatic rings. The van der Waals surface area contributed by atoms with Crippen LogP contribution in [-0.4, -0.2) is 100 Å². The Hall–Kier alpha value is -1.83. The number of carbonyl (C=O) groups is 3. The van der Waals surface area contributed by atoms with Crippen molar-refractivity contribution in [1.29, 1.82) is 0 Å². The molecule has 3 aliphatic heterocycles. The number of methoxy groups -OCH3 is 2. The monoisotopic (exact) mass is 530 g/mol. The van der Waals surface area contributed by atoms with Gasteiger partial charge in [0.05, 0.1) is 30.8 Å². The largest absolute Gasteiger partial charge is 0.456 e. The van der Waals surface area contributed by atoms with E-state index < -0.39 is 54.7 Å². The fourth-order valence-corrected chi connectivity index (χ4v) is 6.61. The lowest BCUT2D eigenvalue weighted by Crippen LogP contribution is -3.03. The highest BCUT2D eigenvalue weighted by Gasteiger charge is 2.58. The summed E-state index contributed by atoms with van der Waals surface area (Å²) in [5, 5.41) is 2.23. The molecule has 4 aliphatic rings. The Bertz CT molecular complexity index is 839. The molecule has 0 radical (unpaired) electrons. The van der Waals surface area contributed by atoms with Gasteiger partial charge in [0.25, 0.3) is 0 Å². The van der Waals surface area contributed by atoms with E-state index >= 15 is 0 Å². The molecule has 0 aromatic carbocycles. The van der Waals surface area contributed by atoms with Gasteiger partial charge in [-0.25, -0.2) is 0 Å². The van der Waals surface area contributed by atoms with E-state index in [1.807, 2.05) is 0 Å². The van der Waals surface area contributed by atoms with Gasteiger partial charge in [0, 0.05) is 40.9 Å². The van der Waals surface area contributed by atoms with Crippen molar-refractivity contribution in [2.45, 2.75) is 108 Å². The number of quaternary nitrogens is 1. The van der Waals surface area contributed by atoms with E-state index in [1.54, 1.807) is 21.1 Å². The lowest BCUT2D eigenvalue weighted by molar-refractivity contribution is -0.783. The van der Waals surface area contributed by atoms with Crippen LogP contribution < -0.4 is 5.32 Å². The Morgan fingerprint density at radius 1 is 0.757 bits per heavy atom. The first kappa shape index (κ1) is 28.2. The molecule has 1 aliphatic carbocycles. The van der Waals surface area contributed by atoms with Crippen molar-refractivity contribution < 1.29 is 57.6 Å². The molecule has 12 unspecified atom stereocenters. The van der Waals surface area contributed by atoms with Gasteiger partial charge in [-0.15, -0.1) is 0 Å². The quantitative estimate of drug-likeness (QED) is 0.341. The molecule has 3 heterocycles. The summed E-state index contributed by atoms with van der Waals surface area (Å²) in [5.41, 5.74) is 0. The maximum Gasteiger partial charge on any atom is 0.303 e. The molecule has 2 N–H and O–H groups in total. The van der Waals surface area contributed by atoms with Gasteiger partial charge in [-0.3, -0.25) is 14.4 Å². The third-order valence-corrected chi connectivity index (χ3v) is 7.95. The van der Waals surface area contributed by atoms with Crippen LogP contribution in [0.4, 0.5) is 0 Å². The van der Waals surface area contributed by atoms with Crippen molar-refractivity contribution >= 4 is 17.9 Å². The number of fused-ring (bicyclic) bond motifs is 2. The SMILES string of the molecule is COC1C2CCOC2[NH2+]C2C1CCC(OC1OC(C)C(OC(C)=O)C(OC(C)=O)C1OC(C)=O)C2OC. The molecule has 0 aromatic heterocycles. The van der Waals surface area contributed by atoms with Crippen molar-refractivity contribution in [3.05, 3.63) is 0 Å². The van der Waals surface area contributed by atoms with E-state index in [0.29, 0.717) is 18.9 Å². The first-order valence-corrected chi connectivity index (χ1v) is 13.0. The van der Waals surface area contributed by atoms with Gasteiger partial charge < -0.3 is 43.2 Å². The van der Waals surface area contributed by atoms with Crippen LogP contribution in [0.5, 0.6) is 0 Å². The molecular formula is C25H40NO11+. The molecule has 3 saturated heterocycles. The maximum absolute atomic E-state index is 12.0. The summed E-state index contributed by atoms with van der Waals surface area (Å²) in [6.45, 7) is 6.11. The zero-order valence-corrected chi connectivity index (χ0v) is 22.3. The predicted molar refractivity (Wildman–Crippen MR) is 124 cm³/mol. The summed E-state index contributed by atoms with van der Waals surface area (Å²) in [6.07, 6.45) is -3.20. The normalized spacial score (nSPS) is 43.3. The van der Waals surface area contributed by atoms with Gasteiger partial charge in [-0.05, 0) is 26.2 Å². The molecule has 37 heavy (non-hydrogen) atoms. The average molecular weight is 531 g/mol. The summed E-state index contributed by atoms with van der Waals surface area (Å²) in [7, 11) is 3.40. The molecule has 4 rings (SSSR count). The van der Waals surface area contributed by atoms with E-state index in [0.717, 1.165) is 12.8 Å². The standard InChI is InChI=1S/C25H39NO11/c1-11-19(34-12(2)27)22(35-13(3)28)23(36-14(4)29)25(33-11)37-17-8-7-15-18(21(17)31-6)26-24-16(9-10-32-24)20(15)30-5/h11,15-26H,7-10H2,1-6H3/p+1. The molecular weight excluding hydrogens is 490 g/mol. The van der Waals surface area contributed by atoms with E-state index in [4.69, 9.17) is 37.9 Å². The van der Waals surface area contributed by atoms with Crippen LogP contribution in [-0.2, 0) is 52.3 Å². The van der Waals surface area contributed by atoms with Gasteiger partial charge in [0.2, 0.25) is 0 Å². The van der Waals surface area contributed by atoms with E-state index in [2.05, 4.69) is 5.32 Å². The van der Waals surface area contributed by atoms with Crippen LogP contribution in [0.25, 0.3) is 0 Å². The number of carbonyl (C=O) groups excluding carboxylic acids is 3. The highest BCUT2D eigenvalue weighted by Crippen LogP contribution is 2.40. The third kappa shape index (κ3) is 5.94. The van der Waals surface area contributed by atoms with Gasteiger partial charge in [-0.1, -0.05) is 0 Å². The number of piperidine rings is 1. The summed E-state index contributed by atoms with van der Waals surface area (Å²) >= 11 is 0. The highest BCUT2D eigenvalue weighted by atomic mass is 16.7. The zero-order valence-electron chi connectivity index (χ0n) is 22.3. The second-order valence-corrected chi connectivity index (χ2v) is 10.3. The van der Waals surface area contributed by atoms with Crippen LogP contribution >= 0.6 is 0 Å². The van der Waals surface area contributed by atoms with E-state index in [1.165, 1.54) is 20.8 Å². The summed E-state index contributed by atoms with van der Waals surface area (Å²) in [5.74, 6) is -1.22. The topological polar surface area (TPSA) is 142 Å². The van der Waals surface area contributed by atoms with E-state index in [-0.39, 0.29) is 30.4 Å². The van der Waals surface area contributed by atoms with Gasteiger partial charge in [0.1, 0.15) is 12.1 Å². The van der Waals surface area contributed by atoms with Crippen LogP contribution in [0.2, 0.25) is 0 Å². The molecule has 12 nitrogen and oxygen atoms in total. The lowest BCUT2D eigenvalue weighted by atomic mass is 9.70. The van der Waals surface area contributed by atoms with Crippen molar-refractivity contribution in [3.8, 4) is 0 Å². The minimum atomic E-state index is -1.15. The molecule has 4 fully saturated rings. The predicted octanol–water partition coefficient (Wildman–Crippen LogP) is -0.340. The fourth-order valence-electron chi connectivity index (χ4n) is 6.61. The number of esters is 3. The molecule has 0 amide bonds. The van der Waals surface area contributed by atoms with Crippen molar-refractivity contribution in [2.24, 2.45) is 11.8 Å². The zero-order chi connectivity index (χ0) is 26.9. The molecule has 12 atom stereocenters. The fraction of sp³-hybridized carbons (Fsp3) is 0.880. The molecule has 210 valence electrons. The number of hydrogen-bond acceptors (Lipinski definition) is 11. The number of nitrogens with two attached hydrogens (primary N) is 1. The lowest BCUT2D eigenvalue weighted by Gasteiger charge is -2.50. The van der Waals surface area contributed by atoms with Gasteiger partial charge >= 0.3 is 17.9 Å². The highest BCUT2D eigenvalue weighted by molar-refractivity contribution is 5.68. The van der Waals surface area contributed by atoms with Gasteiger partial charge in [0.15, 0.2) is 30.8 Å². The Labute approximate surface area is 216 Å². The van der Waals surface area contributed by atoms with Crippen molar-refractivity contribution in [2.75, 3.05) is 20.8 Å². The first-order valence-electron chi connectivity index (χ1n) is 13.0. The number of ether oxygens (including phenoxy) is 8. The number of hydrogen-bond donors (Lipinski definition) is 1. The van der Waals surface area contributed by atoms with Crippen LogP contribution in [0.3, 0.4) is 0 Å². The minimum absolute atomic E-state index is 0.000169. The molecule has 1 saturated carbocycles. The summed E-state index contributed by atoms with van der Waals surface area (Å²) in [4.78, 5) is 35.8. The minimum Gasteiger partial charge on any atom is -0.456 e. The van der Waals surface area contributed by atoms with Crippen molar-refractivity contribution in [1.82, 2.24) is 0 Å². The maximum atomic E-state index is 12.0. The summed E-state index contributed by atoms with van der Waals surface area (Å²) < 4.78 is 46.9. The average Bonchev–Trinajstić information content (AvgIpc) is 3.29. The van der Waals surface area contributed by atoms with Gasteiger partial charge in [-0.2, -0.15) is 0 Å². The smallest absolute Gasteiger partial charge is 0.303 e. The molecule has 0 bridgehead atoms. The third-order valence-electron chi connectivity index (χ3n) is 7.95. The Kier molecular flexibility index (Phi) is 9.08. The van der Waals surface area contributed by atoms with Crippen LogP contribution in [0, 0.1) is 11.8 Å². The Morgan fingerprint density at radius 3 is 2.00 bits per heavy atom. The first-order chi connectivity index (χ1) is 17.6. The Morgan fingerprint density at radius 2 is 1.38 bits per heavy atom. The molecule has 0 spiro atoms. The number of rotatable bonds is 7. The Balaban J connectivity index is 1.56. The van der Waals surface area contributed by atoms with Crippen molar-refractivity contribution in [3.63, 3.8) is 0 Å². The second kappa shape index (κ2) is 11.9. The van der Waals surface area contributed by atoms with Crippen LogP contribution in [0.1, 0.15) is 47.0 Å². The summed E-state index contributed by atoms with van der Waals surface area (Å²) in [6, 6.07) is 0.0271. The molecule has 12 heteroatoms.